The molecule has 1 fully saturated rings. The lowest BCUT2D eigenvalue weighted by Gasteiger charge is -2.13. The molecule has 1 amide bonds. The van der Waals surface area contributed by atoms with Gasteiger partial charge in [0.15, 0.2) is 0 Å². The molecule has 0 atom stereocenters. The van der Waals surface area contributed by atoms with Crippen LogP contribution >= 0.6 is 0 Å². The molecule has 0 unspecified atom stereocenters. The number of carbonyl (C=O) groups is 1. The number of benzene rings is 2. The fourth-order valence-corrected chi connectivity index (χ4v) is 4.38. The maximum absolute atomic E-state index is 12.5. The summed E-state index contributed by atoms with van der Waals surface area (Å²) in [6, 6.07) is 15.5. The van der Waals surface area contributed by atoms with Gasteiger partial charge in [0.25, 0.3) is 5.91 Å². The minimum absolute atomic E-state index is 0.0132. The third-order valence-electron chi connectivity index (χ3n) is 4.43. The Hall–Kier alpha value is -2.62. The van der Waals surface area contributed by atoms with Crippen LogP contribution in [0.25, 0.3) is 0 Å². The molecular weight excluding hydrogens is 360 g/mol. The van der Waals surface area contributed by atoms with Gasteiger partial charge >= 0.3 is 0 Å². The Kier molecular flexibility index (Phi) is 6.28. The number of nitrogens with one attached hydrogen (secondary N) is 2. The van der Waals surface area contributed by atoms with Gasteiger partial charge in [-0.1, -0.05) is 48.9 Å². The van der Waals surface area contributed by atoms with E-state index in [2.05, 4.69) is 21.9 Å². The number of hydrogen-bond acceptors (Lipinski definition) is 3. The minimum atomic E-state index is -3.62. The Bertz CT molecular complexity index is 954. The molecular formula is C21H22N2O3S. The van der Waals surface area contributed by atoms with Crippen molar-refractivity contribution >= 4 is 15.9 Å². The van der Waals surface area contributed by atoms with Crippen LogP contribution in [0.2, 0.25) is 0 Å². The van der Waals surface area contributed by atoms with Crippen molar-refractivity contribution in [3.8, 4) is 11.8 Å². The molecule has 3 rings (SSSR count). The highest BCUT2D eigenvalue weighted by Crippen LogP contribution is 2.20. The molecule has 0 aliphatic heterocycles. The van der Waals surface area contributed by atoms with Gasteiger partial charge in [0.05, 0.1) is 11.4 Å². The van der Waals surface area contributed by atoms with Crippen molar-refractivity contribution in [1.29, 1.82) is 0 Å². The van der Waals surface area contributed by atoms with Crippen molar-refractivity contribution < 1.29 is 13.2 Å². The molecule has 2 aromatic rings. The first kappa shape index (κ1) is 19.2. The van der Waals surface area contributed by atoms with E-state index in [1.54, 1.807) is 12.1 Å². The standard InChI is InChI=1S/C21H22N2O3S/c24-21(22-15-7-10-17-8-2-1-3-9-17)18-11-6-14-20(16-18)27(25,26)23-19-12-4-5-13-19/h1-3,6,8-9,11,14,16,19,23H,4-5,12-13,15H2,(H,22,24). The van der Waals surface area contributed by atoms with E-state index in [-0.39, 0.29) is 23.4 Å². The van der Waals surface area contributed by atoms with Crippen LogP contribution in [-0.4, -0.2) is 26.9 Å². The predicted octanol–water partition coefficient (Wildman–Crippen LogP) is 2.69. The quantitative estimate of drug-likeness (QED) is 0.781. The summed E-state index contributed by atoms with van der Waals surface area (Å²) in [5, 5.41) is 2.69. The van der Waals surface area contributed by atoms with Crippen molar-refractivity contribution in [3.63, 3.8) is 0 Å². The van der Waals surface area contributed by atoms with Gasteiger partial charge in [0, 0.05) is 17.2 Å². The van der Waals surface area contributed by atoms with Crippen LogP contribution < -0.4 is 10.0 Å². The zero-order valence-corrected chi connectivity index (χ0v) is 15.8. The molecule has 0 radical (unpaired) electrons. The van der Waals surface area contributed by atoms with Crippen LogP contribution in [0.15, 0.2) is 59.5 Å². The largest absolute Gasteiger partial charge is 0.341 e. The summed E-state index contributed by atoms with van der Waals surface area (Å²) in [5.74, 6) is 5.49. The number of rotatable bonds is 5. The van der Waals surface area contributed by atoms with E-state index in [4.69, 9.17) is 0 Å². The average Bonchev–Trinajstić information content (AvgIpc) is 3.18. The molecule has 1 aliphatic rings. The Balaban J connectivity index is 1.62. The molecule has 0 spiro atoms. The van der Waals surface area contributed by atoms with Crippen molar-refractivity contribution in [1.82, 2.24) is 10.0 Å². The highest BCUT2D eigenvalue weighted by Gasteiger charge is 2.23. The Morgan fingerprint density at radius 3 is 2.52 bits per heavy atom. The van der Waals surface area contributed by atoms with E-state index in [9.17, 15) is 13.2 Å². The van der Waals surface area contributed by atoms with E-state index in [0.717, 1.165) is 31.2 Å². The third-order valence-corrected chi connectivity index (χ3v) is 5.95. The topological polar surface area (TPSA) is 75.3 Å². The summed E-state index contributed by atoms with van der Waals surface area (Å²) in [6.07, 6.45) is 3.80. The molecule has 2 aromatic carbocycles. The second kappa shape index (κ2) is 8.85. The summed E-state index contributed by atoms with van der Waals surface area (Å²) in [4.78, 5) is 12.4. The van der Waals surface area contributed by atoms with Crippen molar-refractivity contribution in [2.24, 2.45) is 0 Å². The van der Waals surface area contributed by atoms with Gasteiger partial charge in [-0.05, 0) is 43.2 Å². The first-order chi connectivity index (χ1) is 13.0. The molecule has 140 valence electrons. The maximum Gasteiger partial charge on any atom is 0.252 e. The van der Waals surface area contributed by atoms with Gasteiger partial charge in [0.2, 0.25) is 10.0 Å². The van der Waals surface area contributed by atoms with E-state index < -0.39 is 10.0 Å². The second-order valence-corrected chi connectivity index (χ2v) is 8.19. The number of hydrogen-bond donors (Lipinski definition) is 2. The Morgan fingerprint density at radius 2 is 1.78 bits per heavy atom. The summed E-state index contributed by atoms with van der Waals surface area (Å²) >= 11 is 0. The summed E-state index contributed by atoms with van der Waals surface area (Å²) < 4.78 is 27.8. The summed E-state index contributed by atoms with van der Waals surface area (Å²) in [7, 11) is -3.62. The van der Waals surface area contributed by atoms with E-state index in [0.29, 0.717) is 5.56 Å². The minimum Gasteiger partial charge on any atom is -0.341 e. The Labute approximate surface area is 160 Å². The first-order valence-electron chi connectivity index (χ1n) is 8.99. The van der Waals surface area contributed by atoms with Crippen molar-refractivity contribution in [2.75, 3.05) is 6.54 Å². The first-order valence-corrected chi connectivity index (χ1v) is 10.5. The van der Waals surface area contributed by atoms with Gasteiger partial charge in [-0.2, -0.15) is 0 Å². The van der Waals surface area contributed by atoms with Crippen LogP contribution in [0.5, 0.6) is 0 Å². The fraction of sp³-hybridized carbons (Fsp3) is 0.286. The Morgan fingerprint density at radius 1 is 1.04 bits per heavy atom. The van der Waals surface area contributed by atoms with Gasteiger partial charge in [-0.25, -0.2) is 13.1 Å². The van der Waals surface area contributed by atoms with Gasteiger partial charge in [-0.3, -0.25) is 4.79 Å². The monoisotopic (exact) mass is 382 g/mol. The van der Waals surface area contributed by atoms with E-state index in [1.165, 1.54) is 12.1 Å². The summed E-state index contributed by atoms with van der Waals surface area (Å²) in [6.45, 7) is 0.186. The zero-order valence-electron chi connectivity index (χ0n) is 14.9. The van der Waals surface area contributed by atoms with Crippen LogP contribution in [0.3, 0.4) is 0 Å². The van der Waals surface area contributed by atoms with E-state index >= 15 is 0 Å². The molecule has 0 bridgehead atoms. The smallest absolute Gasteiger partial charge is 0.252 e. The van der Waals surface area contributed by atoms with Crippen LogP contribution in [0, 0.1) is 11.8 Å². The molecule has 2 N–H and O–H groups in total. The summed E-state index contributed by atoms with van der Waals surface area (Å²) in [5.41, 5.74) is 1.17. The lowest BCUT2D eigenvalue weighted by molar-refractivity contribution is 0.0958. The molecule has 1 aliphatic carbocycles. The van der Waals surface area contributed by atoms with Crippen LogP contribution in [0.4, 0.5) is 0 Å². The molecule has 0 aromatic heterocycles. The average molecular weight is 382 g/mol. The normalized spacial score (nSPS) is 14.4. The number of amides is 1. The predicted molar refractivity (Wildman–Crippen MR) is 105 cm³/mol. The molecule has 27 heavy (non-hydrogen) atoms. The van der Waals surface area contributed by atoms with Crippen molar-refractivity contribution in [3.05, 3.63) is 65.7 Å². The highest BCUT2D eigenvalue weighted by atomic mass is 32.2. The van der Waals surface area contributed by atoms with Crippen LogP contribution in [0.1, 0.15) is 41.6 Å². The third kappa shape index (κ3) is 5.43. The molecule has 1 saturated carbocycles. The fourth-order valence-electron chi connectivity index (χ4n) is 3.03. The second-order valence-electron chi connectivity index (χ2n) is 6.48. The maximum atomic E-state index is 12.5. The van der Waals surface area contributed by atoms with Crippen LogP contribution in [-0.2, 0) is 10.0 Å². The molecule has 5 nitrogen and oxygen atoms in total. The van der Waals surface area contributed by atoms with E-state index in [1.807, 2.05) is 30.3 Å². The molecule has 0 saturated heterocycles. The SMILES string of the molecule is O=C(NCC#Cc1ccccc1)c1cccc(S(=O)(=O)NC2CCCC2)c1. The lowest BCUT2D eigenvalue weighted by Crippen LogP contribution is -2.33. The van der Waals surface area contributed by atoms with Gasteiger partial charge < -0.3 is 5.32 Å². The van der Waals surface area contributed by atoms with Gasteiger partial charge in [-0.15, -0.1) is 0 Å². The number of carbonyl (C=O) groups excluding carboxylic acids is 1. The number of sulfonamides is 1. The lowest BCUT2D eigenvalue weighted by atomic mass is 10.2. The highest BCUT2D eigenvalue weighted by molar-refractivity contribution is 7.89. The van der Waals surface area contributed by atoms with Crippen molar-refractivity contribution in [2.45, 2.75) is 36.6 Å². The zero-order chi connectivity index (χ0) is 19.1. The molecule has 0 heterocycles. The molecule has 6 heteroatoms. The van der Waals surface area contributed by atoms with Gasteiger partial charge in [0.1, 0.15) is 0 Å².